The van der Waals surface area contributed by atoms with E-state index in [0.29, 0.717) is 17.1 Å². The zero-order chi connectivity index (χ0) is 34.8. The molecule has 3 heterocycles. The number of nitrogen functional groups attached to an aromatic ring is 1. The van der Waals surface area contributed by atoms with Crippen LogP contribution >= 0.6 is 0 Å². The lowest BCUT2D eigenvalue weighted by atomic mass is 9.85. The van der Waals surface area contributed by atoms with E-state index in [1.165, 1.54) is 28.1 Å². The number of hydrogen-bond acceptors (Lipinski definition) is 3. The van der Waals surface area contributed by atoms with Crippen LogP contribution in [0.15, 0.2) is 170 Å². The molecule has 10 rings (SSSR count). The second-order valence-corrected chi connectivity index (χ2v) is 13.6. The van der Waals surface area contributed by atoms with Gasteiger partial charge in [0, 0.05) is 52.1 Å². The molecule has 0 saturated carbocycles. The first-order valence-electron chi connectivity index (χ1n) is 17.7. The highest BCUT2D eigenvalue weighted by Gasteiger charge is 2.37. The maximum Gasteiger partial charge on any atom is 0.0946 e. The monoisotopic (exact) mass is 669 g/mol. The number of hydrogen-bond donors (Lipinski definition) is 3. The number of rotatable bonds is 6. The Kier molecular flexibility index (Phi) is 6.86. The van der Waals surface area contributed by atoms with Crippen molar-refractivity contribution in [1.29, 1.82) is 5.41 Å². The summed E-state index contributed by atoms with van der Waals surface area (Å²) in [5.74, 6) is 0.238. The van der Waals surface area contributed by atoms with Gasteiger partial charge < -0.3 is 20.2 Å². The van der Waals surface area contributed by atoms with Gasteiger partial charge in [0.1, 0.15) is 0 Å². The average molecular weight is 670 g/mol. The van der Waals surface area contributed by atoms with Gasteiger partial charge >= 0.3 is 0 Å². The fraction of sp³-hybridized carbons (Fsp3) is 0.0426. The number of nitrogens with two attached hydrogens (primary N) is 1. The summed E-state index contributed by atoms with van der Waals surface area (Å²) >= 11 is 0. The van der Waals surface area contributed by atoms with Gasteiger partial charge in [-0.15, -0.1) is 0 Å². The van der Waals surface area contributed by atoms with Gasteiger partial charge in [0.25, 0.3) is 0 Å². The van der Waals surface area contributed by atoms with Crippen molar-refractivity contribution in [2.24, 2.45) is 0 Å². The predicted molar refractivity (Wildman–Crippen MR) is 215 cm³/mol. The lowest BCUT2D eigenvalue weighted by molar-refractivity contribution is 0.723. The number of nitrogens with zero attached hydrogens (tertiary/aromatic N) is 2. The van der Waals surface area contributed by atoms with Crippen molar-refractivity contribution in [2.45, 2.75) is 12.0 Å². The van der Waals surface area contributed by atoms with Crippen molar-refractivity contribution in [2.75, 3.05) is 11.1 Å². The molecule has 4 N–H and O–H groups in total. The molecule has 2 aromatic heterocycles. The summed E-state index contributed by atoms with van der Waals surface area (Å²) in [5.41, 5.74) is 20.6. The maximum atomic E-state index is 9.62. The highest BCUT2D eigenvalue weighted by Crippen LogP contribution is 2.52. The van der Waals surface area contributed by atoms with Gasteiger partial charge in [-0.3, -0.25) is 5.41 Å². The summed E-state index contributed by atoms with van der Waals surface area (Å²) < 4.78 is 4.29. The summed E-state index contributed by atoms with van der Waals surface area (Å²) in [6, 6.07) is 53.0. The SMILES string of the molecule is N=C(c1ccccc1-c1cc(-c2cccc3c2NC2c4ccn(-c5ccccc5)c4C=CC32)cc2ccccc12)c1c(N)ccn1-c1ccccc1. The second kappa shape index (κ2) is 11.9. The molecule has 2 aliphatic rings. The molecule has 1 aliphatic heterocycles. The molecule has 0 bridgehead atoms. The Morgan fingerprint density at radius 1 is 0.615 bits per heavy atom. The summed E-state index contributed by atoms with van der Waals surface area (Å²) in [4.78, 5) is 0. The van der Waals surface area contributed by atoms with Crippen molar-refractivity contribution < 1.29 is 0 Å². The van der Waals surface area contributed by atoms with Crippen molar-refractivity contribution >= 4 is 33.9 Å². The zero-order valence-electron chi connectivity index (χ0n) is 28.4. The van der Waals surface area contributed by atoms with Gasteiger partial charge in [-0.25, -0.2) is 0 Å². The normalized spacial score (nSPS) is 15.5. The molecule has 8 aromatic rings. The Hall–Kier alpha value is -6.85. The van der Waals surface area contributed by atoms with Crippen LogP contribution in [0, 0.1) is 5.41 Å². The van der Waals surface area contributed by atoms with E-state index in [4.69, 9.17) is 5.73 Å². The number of anilines is 2. The predicted octanol–water partition coefficient (Wildman–Crippen LogP) is 11.0. The first kappa shape index (κ1) is 30.0. The molecule has 6 aromatic carbocycles. The molecule has 52 heavy (non-hydrogen) atoms. The van der Waals surface area contributed by atoms with Crippen LogP contribution in [0.2, 0.25) is 0 Å². The maximum absolute atomic E-state index is 9.62. The second-order valence-electron chi connectivity index (χ2n) is 13.6. The van der Waals surface area contributed by atoms with Crippen LogP contribution in [0.4, 0.5) is 11.4 Å². The summed E-state index contributed by atoms with van der Waals surface area (Å²) in [6.45, 7) is 0. The molecule has 1 aliphatic carbocycles. The van der Waals surface area contributed by atoms with Crippen LogP contribution in [0.5, 0.6) is 0 Å². The Morgan fingerprint density at radius 3 is 2.13 bits per heavy atom. The summed E-state index contributed by atoms with van der Waals surface area (Å²) in [7, 11) is 0. The highest BCUT2D eigenvalue weighted by atomic mass is 15.0. The van der Waals surface area contributed by atoms with Crippen LogP contribution < -0.4 is 11.1 Å². The van der Waals surface area contributed by atoms with Crippen molar-refractivity contribution in [3.8, 4) is 33.6 Å². The number of aromatic nitrogens is 2. The van der Waals surface area contributed by atoms with Gasteiger partial charge in [-0.05, 0) is 87.6 Å². The smallest absolute Gasteiger partial charge is 0.0946 e. The Morgan fingerprint density at radius 2 is 1.31 bits per heavy atom. The minimum atomic E-state index is 0.147. The van der Waals surface area contributed by atoms with Gasteiger partial charge in [0.2, 0.25) is 0 Å². The quantitative estimate of drug-likeness (QED) is 0.154. The van der Waals surface area contributed by atoms with E-state index in [9.17, 15) is 5.41 Å². The third kappa shape index (κ3) is 4.67. The van der Waals surface area contributed by atoms with Gasteiger partial charge in [0.05, 0.1) is 28.8 Å². The van der Waals surface area contributed by atoms with Crippen molar-refractivity contribution in [3.05, 3.63) is 198 Å². The summed E-state index contributed by atoms with van der Waals surface area (Å²) in [5, 5.41) is 15.9. The molecular weight excluding hydrogens is 635 g/mol. The third-order valence-electron chi connectivity index (χ3n) is 10.8. The molecule has 0 amide bonds. The van der Waals surface area contributed by atoms with Crippen molar-refractivity contribution in [3.63, 3.8) is 0 Å². The first-order valence-corrected chi connectivity index (χ1v) is 17.7. The minimum absolute atomic E-state index is 0.147. The lowest BCUT2D eigenvalue weighted by Gasteiger charge is -2.23. The Bertz CT molecular complexity index is 2700. The van der Waals surface area contributed by atoms with Crippen LogP contribution in [-0.4, -0.2) is 14.8 Å². The van der Waals surface area contributed by atoms with E-state index in [0.717, 1.165) is 44.4 Å². The number of nitrogens with one attached hydrogen (secondary N) is 2. The molecule has 248 valence electrons. The molecule has 5 heteroatoms. The largest absolute Gasteiger partial charge is 0.397 e. The fourth-order valence-electron chi connectivity index (χ4n) is 8.34. The number of fused-ring (bicyclic) bond motifs is 6. The third-order valence-corrected chi connectivity index (χ3v) is 10.8. The molecule has 0 spiro atoms. The minimum Gasteiger partial charge on any atom is -0.397 e. The Labute approximate surface area is 302 Å². The van der Waals surface area contributed by atoms with Crippen molar-refractivity contribution in [1.82, 2.24) is 9.13 Å². The van der Waals surface area contributed by atoms with Gasteiger partial charge in [-0.2, -0.15) is 0 Å². The van der Waals surface area contributed by atoms with E-state index in [1.54, 1.807) is 0 Å². The van der Waals surface area contributed by atoms with Crippen LogP contribution in [0.3, 0.4) is 0 Å². The van der Waals surface area contributed by atoms with E-state index in [1.807, 2.05) is 59.3 Å². The lowest BCUT2D eigenvalue weighted by Crippen LogP contribution is -2.14. The number of benzene rings is 6. The van der Waals surface area contributed by atoms with Crippen LogP contribution in [0.25, 0.3) is 50.5 Å². The fourth-order valence-corrected chi connectivity index (χ4v) is 8.34. The van der Waals surface area contributed by atoms with E-state index in [-0.39, 0.29) is 12.0 Å². The van der Waals surface area contributed by atoms with E-state index < -0.39 is 0 Å². The average Bonchev–Trinajstić information content (AvgIpc) is 3.93. The van der Waals surface area contributed by atoms with E-state index in [2.05, 4.69) is 131 Å². The molecule has 0 radical (unpaired) electrons. The van der Waals surface area contributed by atoms with Crippen LogP contribution in [-0.2, 0) is 0 Å². The highest BCUT2D eigenvalue weighted by molar-refractivity contribution is 6.18. The number of para-hydroxylation sites is 3. The van der Waals surface area contributed by atoms with Gasteiger partial charge in [0.15, 0.2) is 0 Å². The Balaban J connectivity index is 1.09. The van der Waals surface area contributed by atoms with Gasteiger partial charge in [-0.1, -0.05) is 109 Å². The standard InChI is InChI=1S/C47H35N5/c48-42-25-27-52(33-15-5-2-6-16-33)47(42)44(49)37-19-10-9-18-36(37)41-29-31(28-30-12-7-8-17-34(30)41)35-20-11-21-38-39-22-23-43-40(46(39)50-45(35)38)24-26-51(43)32-13-3-1-4-14-32/h1-29,39,46,49-50H,48H2. The molecule has 2 atom stereocenters. The molecule has 5 nitrogen and oxygen atoms in total. The molecular formula is C47H35N5. The zero-order valence-corrected chi connectivity index (χ0v) is 28.4. The first-order chi connectivity index (χ1) is 25.6. The molecule has 2 unspecified atom stereocenters. The topological polar surface area (TPSA) is 71.8 Å². The molecule has 0 fully saturated rings. The van der Waals surface area contributed by atoms with Crippen LogP contribution in [0.1, 0.15) is 40.0 Å². The molecule has 0 saturated heterocycles. The van der Waals surface area contributed by atoms with E-state index >= 15 is 0 Å². The summed E-state index contributed by atoms with van der Waals surface area (Å²) in [6.07, 6.45) is 8.78.